The maximum absolute atomic E-state index is 5.90. The third-order valence-electron chi connectivity index (χ3n) is 2.34. The molecular weight excluding hydrogens is 238 g/mol. The molecule has 0 amide bonds. The van der Waals surface area contributed by atoms with E-state index in [1.807, 2.05) is 31.2 Å². The summed E-state index contributed by atoms with van der Waals surface area (Å²) >= 11 is 5.90. The van der Waals surface area contributed by atoms with Crippen LogP contribution in [0.4, 0.5) is 0 Å². The minimum absolute atomic E-state index is 0.172. The van der Waals surface area contributed by atoms with Gasteiger partial charge in [0.15, 0.2) is 0 Å². The minimum Gasteiger partial charge on any atom is -0.383 e. The van der Waals surface area contributed by atoms with Gasteiger partial charge in [-0.3, -0.25) is 0 Å². The van der Waals surface area contributed by atoms with E-state index in [1.165, 1.54) is 0 Å². The molecule has 4 heteroatoms. The normalized spacial score (nSPS) is 12.6. The van der Waals surface area contributed by atoms with Crippen LogP contribution in [-0.4, -0.2) is 32.9 Å². The van der Waals surface area contributed by atoms with Gasteiger partial charge < -0.3 is 14.8 Å². The molecule has 0 aromatic heterocycles. The number of nitrogens with one attached hydrogen (secondary N) is 1. The van der Waals surface area contributed by atoms with E-state index in [0.717, 1.165) is 30.3 Å². The highest BCUT2D eigenvalue weighted by atomic mass is 35.5. The molecule has 0 bridgehead atoms. The van der Waals surface area contributed by atoms with Gasteiger partial charge in [-0.1, -0.05) is 23.7 Å². The van der Waals surface area contributed by atoms with Crippen molar-refractivity contribution in [3.05, 3.63) is 34.9 Å². The Labute approximate surface area is 108 Å². The molecule has 17 heavy (non-hydrogen) atoms. The summed E-state index contributed by atoms with van der Waals surface area (Å²) in [6.07, 6.45) is 0.172. The van der Waals surface area contributed by atoms with Crippen LogP contribution in [0.5, 0.6) is 0 Å². The van der Waals surface area contributed by atoms with Crippen molar-refractivity contribution in [3.63, 3.8) is 0 Å². The van der Waals surface area contributed by atoms with Gasteiger partial charge in [0.25, 0.3) is 0 Å². The second-order valence-electron chi connectivity index (χ2n) is 3.95. The summed E-state index contributed by atoms with van der Waals surface area (Å²) in [5.41, 5.74) is 1.10. The van der Waals surface area contributed by atoms with Crippen molar-refractivity contribution in [1.82, 2.24) is 5.32 Å². The van der Waals surface area contributed by atoms with E-state index in [4.69, 9.17) is 21.1 Å². The second-order valence-corrected chi connectivity index (χ2v) is 4.38. The van der Waals surface area contributed by atoms with Gasteiger partial charge in [0.2, 0.25) is 0 Å². The Balaban J connectivity index is 2.17. The number of ether oxygens (including phenoxy) is 2. The summed E-state index contributed by atoms with van der Waals surface area (Å²) in [5, 5.41) is 4.00. The lowest BCUT2D eigenvalue weighted by atomic mass is 10.2. The van der Waals surface area contributed by atoms with Crippen LogP contribution >= 0.6 is 11.6 Å². The van der Waals surface area contributed by atoms with E-state index < -0.39 is 0 Å². The molecular formula is C13H20ClNO2. The average molecular weight is 258 g/mol. The minimum atomic E-state index is 0.172. The van der Waals surface area contributed by atoms with Crippen molar-refractivity contribution >= 4 is 11.6 Å². The lowest BCUT2D eigenvalue weighted by Gasteiger charge is -2.14. The second kappa shape index (κ2) is 8.48. The number of rotatable bonds is 8. The van der Waals surface area contributed by atoms with E-state index in [-0.39, 0.29) is 6.10 Å². The molecule has 3 nitrogen and oxygen atoms in total. The first kappa shape index (κ1) is 14.5. The first-order valence-electron chi connectivity index (χ1n) is 5.78. The van der Waals surface area contributed by atoms with Crippen LogP contribution in [0.25, 0.3) is 0 Å². The number of hydrogen-bond donors (Lipinski definition) is 1. The smallest absolute Gasteiger partial charge is 0.0721 e. The fraction of sp³-hybridized carbons (Fsp3) is 0.538. The Morgan fingerprint density at radius 1 is 1.41 bits per heavy atom. The Morgan fingerprint density at radius 2 is 2.24 bits per heavy atom. The highest BCUT2D eigenvalue weighted by molar-refractivity contribution is 6.30. The maximum Gasteiger partial charge on any atom is 0.0721 e. The van der Waals surface area contributed by atoms with Crippen LogP contribution in [0, 0.1) is 0 Å². The molecule has 0 spiro atoms. The van der Waals surface area contributed by atoms with Crippen LogP contribution in [0.3, 0.4) is 0 Å². The maximum atomic E-state index is 5.90. The van der Waals surface area contributed by atoms with Crippen molar-refractivity contribution < 1.29 is 9.47 Å². The summed E-state index contributed by atoms with van der Waals surface area (Å²) in [4.78, 5) is 0. The summed E-state index contributed by atoms with van der Waals surface area (Å²) in [6.45, 7) is 5.03. The van der Waals surface area contributed by atoms with Gasteiger partial charge >= 0.3 is 0 Å². The Bertz CT molecular complexity index is 320. The van der Waals surface area contributed by atoms with E-state index in [1.54, 1.807) is 7.11 Å². The number of halogens is 1. The lowest BCUT2D eigenvalue weighted by Crippen LogP contribution is -2.29. The fourth-order valence-electron chi connectivity index (χ4n) is 1.40. The van der Waals surface area contributed by atoms with E-state index >= 15 is 0 Å². The summed E-state index contributed by atoms with van der Waals surface area (Å²) in [5.74, 6) is 0. The Hall–Kier alpha value is -0.610. The molecule has 1 unspecified atom stereocenters. The molecule has 1 N–H and O–H groups in total. The first-order chi connectivity index (χ1) is 8.22. The van der Waals surface area contributed by atoms with Crippen LogP contribution < -0.4 is 5.32 Å². The molecule has 96 valence electrons. The third kappa shape index (κ3) is 6.64. The van der Waals surface area contributed by atoms with Gasteiger partial charge in [-0.25, -0.2) is 0 Å². The first-order valence-corrected chi connectivity index (χ1v) is 6.16. The van der Waals surface area contributed by atoms with Crippen molar-refractivity contribution in [1.29, 1.82) is 0 Å². The highest BCUT2D eigenvalue weighted by Crippen LogP contribution is 2.11. The van der Waals surface area contributed by atoms with Gasteiger partial charge in [0, 0.05) is 25.2 Å². The van der Waals surface area contributed by atoms with Gasteiger partial charge in [0.05, 0.1) is 19.3 Å². The Morgan fingerprint density at radius 3 is 2.94 bits per heavy atom. The number of benzene rings is 1. The summed E-state index contributed by atoms with van der Waals surface area (Å²) in [7, 11) is 1.70. The molecule has 0 saturated carbocycles. The summed E-state index contributed by atoms with van der Waals surface area (Å²) < 4.78 is 10.6. The highest BCUT2D eigenvalue weighted by Gasteiger charge is 2.02. The van der Waals surface area contributed by atoms with E-state index in [9.17, 15) is 0 Å². The largest absolute Gasteiger partial charge is 0.383 e. The third-order valence-corrected chi connectivity index (χ3v) is 2.57. The lowest BCUT2D eigenvalue weighted by molar-refractivity contribution is 0.0520. The molecule has 1 aromatic rings. The van der Waals surface area contributed by atoms with E-state index in [2.05, 4.69) is 5.32 Å². The van der Waals surface area contributed by atoms with Crippen molar-refractivity contribution in [2.75, 3.05) is 26.8 Å². The van der Waals surface area contributed by atoms with Gasteiger partial charge in [-0.15, -0.1) is 0 Å². The van der Waals surface area contributed by atoms with Gasteiger partial charge in [0.1, 0.15) is 0 Å². The zero-order chi connectivity index (χ0) is 12.5. The predicted octanol–water partition coefficient (Wildman–Crippen LogP) is 2.48. The SMILES string of the molecule is COCCNCC(C)OCc1cccc(Cl)c1. The van der Waals surface area contributed by atoms with Gasteiger partial charge in [-0.05, 0) is 24.6 Å². The fourth-order valence-corrected chi connectivity index (χ4v) is 1.62. The average Bonchev–Trinajstić information content (AvgIpc) is 2.32. The molecule has 0 heterocycles. The molecule has 0 saturated heterocycles. The standard InChI is InChI=1S/C13H20ClNO2/c1-11(9-15-6-7-16-2)17-10-12-4-3-5-13(14)8-12/h3-5,8,11,15H,6-7,9-10H2,1-2H3. The Kier molecular flexibility index (Phi) is 7.21. The van der Waals surface area contributed by atoms with Crippen LogP contribution in [0.15, 0.2) is 24.3 Å². The quantitative estimate of drug-likeness (QED) is 0.726. The van der Waals surface area contributed by atoms with Crippen LogP contribution in [-0.2, 0) is 16.1 Å². The zero-order valence-electron chi connectivity index (χ0n) is 10.4. The van der Waals surface area contributed by atoms with Crippen LogP contribution in [0.1, 0.15) is 12.5 Å². The molecule has 0 radical (unpaired) electrons. The van der Waals surface area contributed by atoms with Crippen molar-refractivity contribution in [3.8, 4) is 0 Å². The van der Waals surface area contributed by atoms with E-state index in [0.29, 0.717) is 6.61 Å². The van der Waals surface area contributed by atoms with Crippen molar-refractivity contribution in [2.24, 2.45) is 0 Å². The van der Waals surface area contributed by atoms with Gasteiger partial charge in [-0.2, -0.15) is 0 Å². The predicted molar refractivity (Wildman–Crippen MR) is 70.4 cm³/mol. The topological polar surface area (TPSA) is 30.5 Å². The molecule has 1 aromatic carbocycles. The molecule has 0 aliphatic heterocycles. The monoisotopic (exact) mass is 257 g/mol. The molecule has 1 atom stereocenters. The zero-order valence-corrected chi connectivity index (χ0v) is 11.2. The molecule has 0 fully saturated rings. The van der Waals surface area contributed by atoms with Crippen molar-refractivity contribution in [2.45, 2.75) is 19.6 Å². The molecule has 0 aliphatic carbocycles. The summed E-state index contributed by atoms with van der Waals surface area (Å²) in [6, 6.07) is 7.73. The van der Waals surface area contributed by atoms with Crippen LogP contribution in [0.2, 0.25) is 5.02 Å². The molecule has 1 rings (SSSR count). The molecule has 0 aliphatic rings. The number of hydrogen-bond acceptors (Lipinski definition) is 3. The number of methoxy groups -OCH3 is 1.